The predicted molar refractivity (Wildman–Crippen MR) is 93.4 cm³/mol. The number of aliphatic imine (C=N–C) groups is 1. The van der Waals surface area contributed by atoms with Crippen molar-refractivity contribution in [3.8, 4) is 0 Å². The number of nitrogens with zero attached hydrogens (tertiary/aromatic N) is 3. The molecular formula is C14H23BrN4O2S. The van der Waals surface area contributed by atoms with Crippen molar-refractivity contribution in [2.45, 2.75) is 44.8 Å². The molecule has 0 spiro atoms. The Morgan fingerprint density at radius 2 is 2.09 bits per heavy atom. The van der Waals surface area contributed by atoms with Crippen molar-refractivity contribution in [1.29, 1.82) is 0 Å². The Morgan fingerprint density at radius 3 is 2.77 bits per heavy atom. The highest BCUT2D eigenvalue weighted by Crippen LogP contribution is 2.29. The normalized spacial score (nSPS) is 24.4. The summed E-state index contributed by atoms with van der Waals surface area (Å²) in [6, 6.07) is -0.749. The number of amides is 3. The van der Waals surface area contributed by atoms with Crippen molar-refractivity contribution in [1.82, 2.24) is 15.1 Å². The number of carbonyl (C=O) groups is 2. The lowest BCUT2D eigenvalue weighted by Gasteiger charge is -2.36. The van der Waals surface area contributed by atoms with Crippen LogP contribution in [0.5, 0.6) is 0 Å². The number of unbranched alkanes of at least 4 members (excludes halogenated alkanes) is 2. The summed E-state index contributed by atoms with van der Waals surface area (Å²) in [5.41, 5.74) is 0. The first kappa shape index (κ1) is 17.6. The predicted octanol–water partition coefficient (Wildman–Crippen LogP) is 2.24. The number of nitrogens with one attached hydrogen (secondary N) is 1. The largest absolute Gasteiger partial charge is 0.336 e. The monoisotopic (exact) mass is 390 g/mol. The minimum absolute atomic E-state index is 0.232. The zero-order valence-corrected chi connectivity index (χ0v) is 15.5. The average molecular weight is 391 g/mol. The molecule has 2 aliphatic rings. The van der Waals surface area contributed by atoms with Gasteiger partial charge in [-0.05, 0) is 12.8 Å². The second-order valence-corrected chi connectivity index (χ2v) is 7.32. The van der Waals surface area contributed by atoms with E-state index in [1.165, 1.54) is 4.90 Å². The molecule has 0 bridgehead atoms. The number of imide groups is 1. The Balaban J connectivity index is 2.12. The summed E-state index contributed by atoms with van der Waals surface area (Å²) in [7, 11) is 1.69. The summed E-state index contributed by atoms with van der Waals surface area (Å²) < 4.78 is 0. The fraction of sp³-hybridized carbons (Fsp3) is 0.786. The summed E-state index contributed by atoms with van der Waals surface area (Å²) >= 11 is 5.10. The van der Waals surface area contributed by atoms with Crippen LogP contribution in [0.1, 0.15) is 32.6 Å². The van der Waals surface area contributed by atoms with Crippen molar-refractivity contribution in [2.24, 2.45) is 4.99 Å². The van der Waals surface area contributed by atoms with E-state index in [1.54, 1.807) is 18.8 Å². The van der Waals surface area contributed by atoms with Crippen LogP contribution in [-0.2, 0) is 4.79 Å². The fourth-order valence-corrected chi connectivity index (χ4v) is 4.28. The Hall–Kier alpha value is -0.760. The van der Waals surface area contributed by atoms with Crippen LogP contribution in [0.25, 0.3) is 0 Å². The lowest BCUT2D eigenvalue weighted by molar-refractivity contribution is -0.127. The number of hydrogen-bond donors (Lipinski definition) is 1. The molecule has 2 unspecified atom stereocenters. The molecule has 22 heavy (non-hydrogen) atoms. The van der Waals surface area contributed by atoms with E-state index in [1.807, 2.05) is 0 Å². The van der Waals surface area contributed by atoms with E-state index in [4.69, 9.17) is 0 Å². The first-order valence-corrected chi connectivity index (χ1v) is 9.81. The minimum atomic E-state index is -0.394. The summed E-state index contributed by atoms with van der Waals surface area (Å²) in [4.78, 5) is 32.3. The van der Waals surface area contributed by atoms with Crippen LogP contribution < -0.4 is 5.32 Å². The van der Waals surface area contributed by atoms with Crippen LogP contribution in [-0.4, -0.2) is 63.8 Å². The molecule has 0 aromatic carbocycles. The van der Waals surface area contributed by atoms with Crippen LogP contribution in [0.4, 0.5) is 4.79 Å². The van der Waals surface area contributed by atoms with Crippen LogP contribution in [0, 0.1) is 0 Å². The highest BCUT2D eigenvalue weighted by atomic mass is 79.9. The molecule has 1 N–H and O–H groups in total. The molecule has 124 valence electrons. The molecule has 2 heterocycles. The number of alkyl halides is 1. The van der Waals surface area contributed by atoms with Gasteiger partial charge >= 0.3 is 6.03 Å². The number of hydrogen-bond acceptors (Lipinski definition) is 5. The number of amidine groups is 1. The summed E-state index contributed by atoms with van der Waals surface area (Å²) in [5.74, 6) is 0.719. The maximum Gasteiger partial charge on any atom is 0.325 e. The van der Waals surface area contributed by atoms with E-state index in [2.05, 4.69) is 38.1 Å². The van der Waals surface area contributed by atoms with Crippen molar-refractivity contribution in [3.63, 3.8) is 0 Å². The molecule has 0 saturated carbocycles. The Bertz CT molecular complexity index is 460. The van der Waals surface area contributed by atoms with E-state index >= 15 is 0 Å². The SMILES string of the molecule is CCCCCN1C(SCCCBr)=NC2C1C(=O)NC(=O)N2C. The van der Waals surface area contributed by atoms with Crippen molar-refractivity contribution in [3.05, 3.63) is 0 Å². The summed E-state index contributed by atoms with van der Waals surface area (Å²) in [6.45, 7) is 2.97. The lowest BCUT2D eigenvalue weighted by Crippen LogP contribution is -2.63. The van der Waals surface area contributed by atoms with E-state index in [0.717, 1.165) is 48.5 Å². The van der Waals surface area contributed by atoms with Crippen LogP contribution >= 0.6 is 27.7 Å². The molecular weight excluding hydrogens is 368 g/mol. The molecule has 0 radical (unpaired) electrons. The molecule has 8 heteroatoms. The number of likely N-dealkylation sites (N-methyl/N-ethyl adjacent to an activating group) is 1. The number of urea groups is 1. The van der Waals surface area contributed by atoms with E-state index in [0.29, 0.717) is 0 Å². The zero-order chi connectivity index (χ0) is 16.1. The first-order chi connectivity index (χ1) is 10.6. The zero-order valence-electron chi connectivity index (χ0n) is 13.0. The van der Waals surface area contributed by atoms with E-state index in [-0.39, 0.29) is 18.0 Å². The topological polar surface area (TPSA) is 65.0 Å². The third kappa shape index (κ3) is 3.76. The molecule has 2 rings (SSSR count). The van der Waals surface area contributed by atoms with Gasteiger partial charge in [-0.1, -0.05) is 47.5 Å². The molecule has 0 aliphatic carbocycles. The van der Waals surface area contributed by atoms with Gasteiger partial charge in [0.1, 0.15) is 0 Å². The molecule has 1 saturated heterocycles. The van der Waals surface area contributed by atoms with Gasteiger partial charge in [-0.15, -0.1) is 0 Å². The van der Waals surface area contributed by atoms with Crippen LogP contribution in [0.2, 0.25) is 0 Å². The van der Waals surface area contributed by atoms with Gasteiger partial charge in [0.05, 0.1) is 0 Å². The quantitative estimate of drug-likeness (QED) is 0.534. The van der Waals surface area contributed by atoms with Crippen LogP contribution in [0.15, 0.2) is 4.99 Å². The smallest absolute Gasteiger partial charge is 0.325 e. The fourth-order valence-electron chi connectivity index (χ4n) is 2.61. The highest BCUT2D eigenvalue weighted by molar-refractivity contribution is 9.09. The molecule has 0 aromatic rings. The van der Waals surface area contributed by atoms with Gasteiger partial charge in [-0.25, -0.2) is 9.79 Å². The lowest BCUT2D eigenvalue weighted by atomic mass is 10.1. The van der Waals surface area contributed by atoms with E-state index in [9.17, 15) is 9.59 Å². The van der Waals surface area contributed by atoms with Gasteiger partial charge < -0.3 is 9.80 Å². The number of halogens is 1. The maximum atomic E-state index is 12.3. The average Bonchev–Trinajstić information content (AvgIpc) is 2.85. The van der Waals surface area contributed by atoms with E-state index < -0.39 is 6.17 Å². The molecule has 2 aliphatic heterocycles. The summed E-state index contributed by atoms with van der Waals surface area (Å²) in [6.07, 6.45) is 3.94. The second-order valence-electron chi connectivity index (χ2n) is 5.47. The highest BCUT2D eigenvalue weighted by Gasteiger charge is 2.48. The Labute approximate surface area is 144 Å². The van der Waals surface area contributed by atoms with Crippen molar-refractivity contribution in [2.75, 3.05) is 24.7 Å². The summed E-state index contributed by atoms with van der Waals surface area (Å²) in [5, 5.41) is 4.27. The van der Waals surface area contributed by atoms with Gasteiger partial charge in [0, 0.05) is 24.7 Å². The molecule has 6 nitrogen and oxygen atoms in total. The number of thioether (sulfide) groups is 1. The van der Waals surface area contributed by atoms with Gasteiger partial charge in [-0.2, -0.15) is 0 Å². The molecule has 3 amide bonds. The number of fused-ring (bicyclic) bond motifs is 1. The number of rotatable bonds is 7. The van der Waals surface area contributed by atoms with Gasteiger partial charge in [0.2, 0.25) is 0 Å². The van der Waals surface area contributed by atoms with Gasteiger partial charge in [0.25, 0.3) is 5.91 Å². The Kier molecular flexibility index (Phi) is 6.55. The molecule has 1 fully saturated rings. The molecule has 0 aromatic heterocycles. The standard InChI is InChI=1S/C14H23BrN4O2S/c1-3-4-5-8-19-10-11(16-14(19)22-9-6-7-15)18(2)13(21)17-12(10)20/h10-11H,3-9H2,1-2H3,(H,17,20,21). The maximum absolute atomic E-state index is 12.3. The molecule has 2 atom stereocenters. The van der Waals surface area contributed by atoms with Crippen molar-refractivity contribution < 1.29 is 9.59 Å². The minimum Gasteiger partial charge on any atom is -0.336 e. The van der Waals surface area contributed by atoms with Crippen molar-refractivity contribution >= 4 is 44.8 Å². The van der Waals surface area contributed by atoms with Gasteiger partial charge in [0.15, 0.2) is 17.4 Å². The number of carbonyl (C=O) groups excluding carboxylic acids is 2. The van der Waals surface area contributed by atoms with Gasteiger partial charge in [-0.3, -0.25) is 10.1 Å². The Morgan fingerprint density at radius 1 is 1.32 bits per heavy atom. The third-order valence-corrected chi connectivity index (χ3v) is 5.49. The first-order valence-electron chi connectivity index (χ1n) is 7.71. The van der Waals surface area contributed by atoms with Crippen LogP contribution in [0.3, 0.4) is 0 Å². The second kappa shape index (κ2) is 8.19. The third-order valence-electron chi connectivity index (χ3n) is 3.83.